The molecule has 7 nitrogen and oxygen atoms in total. The molecule has 1 aromatic heterocycles. The van der Waals surface area contributed by atoms with Crippen molar-refractivity contribution in [2.45, 2.75) is 63.3 Å². The molecule has 3 atom stereocenters. The zero-order chi connectivity index (χ0) is 32.5. The number of imidazole rings is 1. The SMILES string of the molecule is CNC(=O)OC1CCCC1C(Cn1ccnc1C)(c1cccc(F)c1)C1CCN(CC2CN(c3ccc(C(F)(F)F)cc3)C2)CC1. The molecule has 1 aliphatic carbocycles. The van der Waals surface area contributed by atoms with Crippen molar-refractivity contribution in [2.75, 3.05) is 44.7 Å². The summed E-state index contributed by atoms with van der Waals surface area (Å²) in [6.45, 7) is 6.97. The fourth-order valence-electron chi connectivity index (χ4n) is 8.33. The molecule has 2 aromatic carbocycles. The number of nitrogens with zero attached hydrogens (tertiary/aromatic N) is 4. The number of alkyl halides is 3. The lowest BCUT2D eigenvalue weighted by Crippen LogP contribution is -2.55. The first-order valence-corrected chi connectivity index (χ1v) is 16.3. The third-order valence-electron chi connectivity index (χ3n) is 10.6. The van der Waals surface area contributed by atoms with Crippen LogP contribution in [0, 0.1) is 30.5 Å². The summed E-state index contributed by atoms with van der Waals surface area (Å²) in [6.07, 6.45) is 3.16. The second-order valence-electron chi connectivity index (χ2n) is 13.3. The van der Waals surface area contributed by atoms with Gasteiger partial charge >= 0.3 is 12.3 Å². The second kappa shape index (κ2) is 13.3. The van der Waals surface area contributed by atoms with E-state index in [1.807, 2.05) is 19.2 Å². The molecule has 3 unspecified atom stereocenters. The largest absolute Gasteiger partial charge is 0.446 e. The number of ether oxygens (including phenoxy) is 1. The Morgan fingerprint density at radius 3 is 2.39 bits per heavy atom. The van der Waals surface area contributed by atoms with Gasteiger partial charge in [-0.15, -0.1) is 0 Å². The summed E-state index contributed by atoms with van der Waals surface area (Å²) in [5.74, 6) is 1.29. The number of anilines is 1. The molecule has 1 N–H and O–H groups in total. The summed E-state index contributed by atoms with van der Waals surface area (Å²) in [5.41, 5.74) is 0.660. The van der Waals surface area contributed by atoms with Crippen molar-refractivity contribution in [3.05, 3.63) is 83.7 Å². The van der Waals surface area contributed by atoms with E-state index in [1.165, 1.54) is 6.07 Å². The number of hydrogen-bond acceptors (Lipinski definition) is 5. The van der Waals surface area contributed by atoms with Crippen LogP contribution in [0.4, 0.5) is 28.0 Å². The number of aromatic nitrogens is 2. The van der Waals surface area contributed by atoms with Gasteiger partial charge in [-0.2, -0.15) is 13.2 Å². The topological polar surface area (TPSA) is 62.6 Å². The lowest BCUT2D eigenvalue weighted by atomic mass is 9.58. The summed E-state index contributed by atoms with van der Waals surface area (Å²) in [5, 5.41) is 2.61. The Morgan fingerprint density at radius 1 is 1.02 bits per heavy atom. The molecule has 3 heterocycles. The molecule has 3 fully saturated rings. The predicted octanol–water partition coefficient (Wildman–Crippen LogP) is 6.66. The molecule has 11 heteroatoms. The van der Waals surface area contributed by atoms with Crippen molar-refractivity contribution in [1.29, 1.82) is 0 Å². The minimum absolute atomic E-state index is 0.00822. The van der Waals surface area contributed by atoms with Crippen LogP contribution in [0.15, 0.2) is 60.9 Å². The molecule has 2 saturated heterocycles. The Morgan fingerprint density at radius 2 is 1.76 bits per heavy atom. The average molecular weight is 642 g/mol. The Kier molecular flexibility index (Phi) is 9.32. The van der Waals surface area contributed by atoms with E-state index in [0.717, 1.165) is 94.0 Å². The number of amides is 1. The number of alkyl carbamates (subject to hydrolysis) is 1. The molecule has 0 radical (unpaired) electrons. The zero-order valence-electron chi connectivity index (χ0n) is 26.5. The predicted molar refractivity (Wildman–Crippen MR) is 168 cm³/mol. The fraction of sp³-hybridized carbons (Fsp3) is 0.543. The van der Waals surface area contributed by atoms with E-state index in [9.17, 15) is 22.4 Å². The van der Waals surface area contributed by atoms with Crippen molar-refractivity contribution < 1.29 is 27.1 Å². The molecule has 0 bridgehead atoms. The van der Waals surface area contributed by atoms with Gasteiger partial charge in [0.2, 0.25) is 0 Å². The number of hydrogen-bond donors (Lipinski definition) is 1. The minimum Gasteiger partial charge on any atom is -0.446 e. The van der Waals surface area contributed by atoms with Gasteiger partial charge in [-0.3, -0.25) is 0 Å². The van der Waals surface area contributed by atoms with Gasteiger partial charge in [0.15, 0.2) is 0 Å². The molecular weight excluding hydrogens is 598 g/mol. The van der Waals surface area contributed by atoms with Crippen LogP contribution in [0.25, 0.3) is 0 Å². The summed E-state index contributed by atoms with van der Waals surface area (Å²) < 4.78 is 62.1. The Labute approximate surface area is 267 Å². The molecule has 3 aromatic rings. The van der Waals surface area contributed by atoms with Crippen LogP contribution < -0.4 is 10.2 Å². The third-order valence-corrected chi connectivity index (χ3v) is 10.6. The van der Waals surface area contributed by atoms with Crippen LogP contribution in [0.5, 0.6) is 0 Å². The van der Waals surface area contributed by atoms with Gasteiger partial charge < -0.3 is 24.4 Å². The maximum absolute atomic E-state index is 15.0. The third kappa shape index (κ3) is 6.61. The van der Waals surface area contributed by atoms with Gasteiger partial charge in [0.1, 0.15) is 17.7 Å². The van der Waals surface area contributed by atoms with E-state index in [0.29, 0.717) is 12.5 Å². The number of aryl methyl sites for hydroxylation is 1. The molecule has 1 saturated carbocycles. The lowest BCUT2D eigenvalue weighted by Gasteiger charge is -2.51. The monoisotopic (exact) mass is 641 g/mol. The van der Waals surface area contributed by atoms with Crippen molar-refractivity contribution in [2.24, 2.45) is 17.8 Å². The lowest BCUT2D eigenvalue weighted by molar-refractivity contribution is -0.137. The molecule has 248 valence electrons. The second-order valence-corrected chi connectivity index (χ2v) is 13.3. The number of carbonyl (C=O) groups excluding carboxylic acids is 1. The molecule has 46 heavy (non-hydrogen) atoms. The summed E-state index contributed by atoms with van der Waals surface area (Å²) >= 11 is 0. The first kappa shape index (κ1) is 32.3. The Bertz CT molecular complexity index is 1480. The molecular formula is C35H43F4N5O2. The van der Waals surface area contributed by atoms with Crippen LogP contribution in [0.2, 0.25) is 0 Å². The van der Waals surface area contributed by atoms with Crippen LogP contribution in [0.1, 0.15) is 49.1 Å². The van der Waals surface area contributed by atoms with Gasteiger partial charge in [0.25, 0.3) is 0 Å². The first-order chi connectivity index (χ1) is 22.1. The Hall–Kier alpha value is -3.60. The van der Waals surface area contributed by atoms with E-state index in [-0.39, 0.29) is 23.8 Å². The fourth-order valence-corrected chi connectivity index (χ4v) is 8.33. The standard InChI is InChI=1S/C35H43F4N5O2/c1-24-41-15-18-43(24)23-34(28-5-3-6-29(36)19-28,31-7-4-8-32(31)46-33(45)40-2)26-13-16-42(17-14-26)20-25-21-44(22-25)30-11-9-27(10-12-30)35(37,38)39/h3,5-6,9-12,15,18-19,25-26,31-32H,4,7-8,13-14,16-17,20-23H2,1-2H3,(H,40,45). The number of likely N-dealkylation sites (tertiary alicyclic amines) is 1. The molecule has 0 spiro atoms. The van der Waals surface area contributed by atoms with Gasteiger partial charge in [0, 0.05) is 68.6 Å². The van der Waals surface area contributed by atoms with E-state index in [2.05, 4.69) is 24.7 Å². The molecule has 6 rings (SSSR count). The van der Waals surface area contributed by atoms with Crippen LogP contribution in [0.3, 0.4) is 0 Å². The van der Waals surface area contributed by atoms with Crippen molar-refractivity contribution in [1.82, 2.24) is 19.8 Å². The van der Waals surface area contributed by atoms with Gasteiger partial charge in [-0.25, -0.2) is 14.2 Å². The first-order valence-electron chi connectivity index (χ1n) is 16.3. The highest BCUT2D eigenvalue weighted by Gasteiger charge is 2.53. The maximum atomic E-state index is 15.0. The van der Waals surface area contributed by atoms with Crippen molar-refractivity contribution in [3.63, 3.8) is 0 Å². The number of nitrogens with one attached hydrogen (secondary N) is 1. The highest BCUT2D eigenvalue weighted by atomic mass is 19.4. The Balaban J connectivity index is 1.19. The van der Waals surface area contributed by atoms with E-state index >= 15 is 0 Å². The molecule has 2 aliphatic heterocycles. The van der Waals surface area contributed by atoms with E-state index in [4.69, 9.17) is 4.74 Å². The van der Waals surface area contributed by atoms with Crippen LogP contribution in [-0.2, 0) is 22.9 Å². The van der Waals surface area contributed by atoms with Crippen molar-refractivity contribution >= 4 is 11.8 Å². The quantitative estimate of drug-likeness (QED) is 0.265. The van der Waals surface area contributed by atoms with Gasteiger partial charge in [-0.1, -0.05) is 12.1 Å². The minimum atomic E-state index is -4.33. The molecule has 3 aliphatic rings. The number of carbonyl (C=O) groups is 1. The zero-order valence-corrected chi connectivity index (χ0v) is 26.5. The summed E-state index contributed by atoms with van der Waals surface area (Å²) in [4.78, 5) is 21.6. The van der Waals surface area contributed by atoms with Gasteiger partial charge in [0.05, 0.1) is 5.56 Å². The van der Waals surface area contributed by atoms with Gasteiger partial charge in [-0.05, 0) is 100.0 Å². The number of rotatable bonds is 9. The summed E-state index contributed by atoms with van der Waals surface area (Å²) in [6, 6.07) is 12.4. The van der Waals surface area contributed by atoms with E-state index in [1.54, 1.807) is 37.5 Å². The highest BCUT2D eigenvalue weighted by molar-refractivity contribution is 5.67. The average Bonchev–Trinajstić information content (AvgIpc) is 3.65. The summed E-state index contributed by atoms with van der Waals surface area (Å²) in [7, 11) is 1.57. The number of benzene rings is 2. The number of halogens is 4. The van der Waals surface area contributed by atoms with E-state index < -0.39 is 23.2 Å². The number of piperidine rings is 1. The maximum Gasteiger partial charge on any atom is 0.416 e. The van der Waals surface area contributed by atoms with Crippen LogP contribution >= 0.6 is 0 Å². The molecule has 1 amide bonds. The van der Waals surface area contributed by atoms with Crippen molar-refractivity contribution in [3.8, 4) is 0 Å². The normalized spacial score (nSPS) is 22.8. The van der Waals surface area contributed by atoms with Crippen LogP contribution in [-0.4, -0.2) is 66.4 Å². The smallest absolute Gasteiger partial charge is 0.416 e. The highest BCUT2D eigenvalue weighted by Crippen LogP contribution is 2.52.